The molecule has 0 spiro atoms. The van der Waals surface area contributed by atoms with Crippen LogP contribution in [0.1, 0.15) is 24.8 Å². The van der Waals surface area contributed by atoms with Crippen LogP contribution in [-0.4, -0.2) is 38.9 Å². The van der Waals surface area contributed by atoms with E-state index in [0.29, 0.717) is 29.9 Å². The van der Waals surface area contributed by atoms with Crippen molar-refractivity contribution in [3.63, 3.8) is 0 Å². The van der Waals surface area contributed by atoms with Gasteiger partial charge in [0.1, 0.15) is 5.82 Å². The van der Waals surface area contributed by atoms with Crippen LogP contribution >= 0.6 is 0 Å². The summed E-state index contributed by atoms with van der Waals surface area (Å²) in [6.45, 7) is 1.47. The van der Waals surface area contributed by atoms with Crippen LogP contribution < -0.4 is 4.90 Å². The third kappa shape index (κ3) is 3.62. The van der Waals surface area contributed by atoms with E-state index in [-0.39, 0.29) is 6.10 Å². The minimum atomic E-state index is -4.40. The highest BCUT2D eigenvalue weighted by atomic mass is 19.4. The molecule has 5 nitrogen and oxygen atoms in total. The van der Waals surface area contributed by atoms with E-state index < -0.39 is 11.7 Å². The molecule has 1 fully saturated rings. The van der Waals surface area contributed by atoms with E-state index in [1.807, 2.05) is 6.07 Å². The summed E-state index contributed by atoms with van der Waals surface area (Å²) in [7, 11) is 0. The maximum Gasteiger partial charge on any atom is 0.416 e. The zero-order valence-electron chi connectivity index (χ0n) is 14.5. The number of aliphatic hydroxyl groups excluding tert-OH is 1. The first-order valence-electron chi connectivity index (χ1n) is 8.87. The molecule has 0 amide bonds. The van der Waals surface area contributed by atoms with Gasteiger partial charge in [0.25, 0.3) is 0 Å². The lowest BCUT2D eigenvalue weighted by molar-refractivity contribution is -0.137. The number of aliphatic hydroxyl groups is 1. The van der Waals surface area contributed by atoms with Gasteiger partial charge < -0.3 is 10.0 Å². The Morgan fingerprint density at radius 3 is 2.74 bits per heavy atom. The smallest absolute Gasteiger partial charge is 0.393 e. The van der Waals surface area contributed by atoms with Crippen LogP contribution in [0.15, 0.2) is 42.6 Å². The molecule has 1 aliphatic rings. The summed E-state index contributed by atoms with van der Waals surface area (Å²) >= 11 is 0. The van der Waals surface area contributed by atoms with Crippen molar-refractivity contribution in [3.05, 3.63) is 48.2 Å². The molecule has 142 valence electrons. The van der Waals surface area contributed by atoms with Crippen molar-refractivity contribution < 1.29 is 18.3 Å². The molecule has 0 aliphatic carbocycles. The van der Waals surface area contributed by atoms with Crippen LogP contribution in [0.2, 0.25) is 0 Å². The number of anilines is 1. The fourth-order valence-corrected chi connectivity index (χ4v) is 3.39. The lowest BCUT2D eigenvalue weighted by Crippen LogP contribution is -2.26. The van der Waals surface area contributed by atoms with E-state index in [4.69, 9.17) is 0 Å². The van der Waals surface area contributed by atoms with Gasteiger partial charge in [0, 0.05) is 18.7 Å². The van der Waals surface area contributed by atoms with E-state index in [9.17, 15) is 18.3 Å². The van der Waals surface area contributed by atoms with Gasteiger partial charge in [-0.05, 0) is 43.5 Å². The highest BCUT2D eigenvalue weighted by molar-refractivity contribution is 5.64. The molecule has 27 heavy (non-hydrogen) atoms. The van der Waals surface area contributed by atoms with Crippen LogP contribution in [0.5, 0.6) is 0 Å². The van der Waals surface area contributed by atoms with Gasteiger partial charge in [-0.3, -0.25) is 0 Å². The predicted octanol–water partition coefficient (Wildman–Crippen LogP) is 3.77. The topological polar surface area (TPSA) is 53.7 Å². The zero-order valence-corrected chi connectivity index (χ0v) is 14.5. The third-order valence-corrected chi connectivity index (χ3v) is 4.86. The van der Waals surface area contributed by atoms with Crippen LogP contribution in [-0.2, 0) is 6.18 Å². The van der Waals surface area contributed by atoms with Gasteiger partial charge in [0.05, 0.1) is 23.6 Å². The number of benzene rings is 1. The van der Waals surface area contributed by atoms with Crippen LogP contribution in [0.25, 0.3) is 16.9 Å². The van der Waals surface area contributed by atoms with Gasteiger partial charge in [-0.2, -0.15) is 13.2 Å². The molecule has 0 bridgehead atoms. The molecule has 3 heterocycles. The van der Waals surface area contributed by atoms with E-state index in [2.05, 4.69) is 15.0 Å². The Morgan fingerprint density at radius 1 is 1.07 bits per heavy atom. The average molecular weight is 376 g/mol. The van der Waals surface area contributed by atoms with E-state index in [1.165, 1.54) is 12.3 Å². The summed E-state index contributed by atoms with van der Waals surface area (Å²) in [5, 5.41) is 14.4. The van der Waals surface area contributed by atoms with Crippen molar-refractivity contribution in [2.75, 3.05) is 18.0 Å². The number of halogens is 3. The number of rotatable bonds is 2. The van der Waals surface area contributed by atoms with Crippen molar-refractivity contribution in [2.24, 2.45) is 0 Å². The minimum Gasteiger partial charge on any atom is -0.393 e. The highest BCUT2D eigenvalue weighted by Gasteiger charge is 2.30. The molecule has 1 atom stereocenters. The molecule has 2 aromatic heterocycles. The van der Waals surface area contributed by atoms with E-state index >= 15 is 0 Å². The fourth-order valence-electron chi connectivity index (χ4n) is 3.39. The quantitative estimate of drug-likeness (QED) is 0.740. The SMILES string of the molecule is OC1CCCN(c2ccc3ncc(-c4cccc(C(F)(F)F)c4)n3n2)CC1. The average Bonchev–Trinajstić information content (AvgIpc) is 2.95. The second-order valence-corrected chi connectivity index (χ2v) is 6.76. The lowest BCUT2D eigenvalue weighted by Gasteiger charge is -2.21. The second kappa shape index (κ2) is 6.84. The lowest BCUT2D eigenvalue weighted by atomic mass is 10.1. The van der Waals surface area contributed by atoms with Crippen molar-refractivity contribution in [1.82, 2.24) is 14.6 Å². The van der Waals surface area contributed by atoms with Gasteiger partial charge in [0.2, 0.25) is 0 Å². The molecule has 1 unspecified atom stereocenters. The summed E-state index contributed by atoms with van der Waals surface area (Å²) in [4.78, 5) is 6.35. The molecule has 8 heteroatoms. The van der Waals surface area contributed by atoms with Gasteiger partial charge >= 0.3 is 6.18 Å². The third-order valence-electron chi connectivity index (χ3n) is 4.86. The van der Waals surface area contributed by atoms with Crippen molar-refractivity contribution in [1.29, 1.82) is 0 Å². The van der Waals surface area contributed by atoms with Gasteiger partial charge in [0.15, 0.2) is 5.65 Å². The Morgan fingerprint density at radius 2 is 1.93 bits per heavy atom. The number of hydrogen-bond acceptors (Lipinski definition) is 4. The first-order chi connectivity index (χ1) is 12.9. The summed E-state index contributed by atoms with van der Waals surface area (Å²) < 4.78 is 40.7. The molecule has 1 saturated heterocycles. The summed E-state index contributed by atoms with van der Waals surface area (Å²) in [5.41, 5.74) is 0.787. The number of aromatic nitrogens is 3. The first-order valence-corrected chi connectivity index (χ1v) is 8.87. The van der Waals surface area contributed by atoms with Crippen LogP contribution in [0, 0.1) is 0 Å². The Balaban J connectivity index is 1.73. The summed E-state index contributed by atoms with van der Waals surface area (Å²) in [6.07, 6.45) is -0.863. The molecule has 3 aromatic rings. The molecular weight excluding hydrogens is 357 g/mol. The first kappa shape index (κ1) is 17.8. The van der Waals surface area contributed by atoms with Crippen molar-refractivity contribution in [2.45, 2.75) is 31.5 Å². The van der Waals surface area contributed by atoms with Gasteiger partial charge in [-0.25, -0.2) is 9.50 Å². The number of hydrogen-bond donors (Lipinski definition) is 1. The number of fused-ring (bicyclic) bond motifs is 1. The molecule has 1 N–H and O–H groups in total. The largest absolute Gasteiger partial charge is 0.416 e. The van der Waals surface area contributed by atoms with E-state index in [1.54, 1.807) is 16.6 Å². The predicted molar refractivity (Wildman–Crippen MR) is 95.5 cm³/mol. The molecule has 1 aromatic carbocycles. The molecule has 1 aliphatic heterocycles. The fraction of sp³-hybridized carbons (Fsp3) is 0.368. The highest BCUT2D eigenvalue weighted by Crippen LogP contribution is 2.32. The zero-order chi connectivity index (χ0) is 19.0. The molecular formula is C19H19F3N4O. The maximum absolute atomic E-state index is 13.0. The maximum atomic E-state index is 13.0. The Labute approximate surface area is 154 Å². The summed E-state index contributed by atoms with van der Waals surface area (Å²) in [6, 6.07) is 8.83. The molecule has 0 radical (unpaired) electrons. The van der Waals surface area contributed by atoms with E-state index in [0.717, 1.165) is 37.3 Å². The Bertz CT molecular complexity index is 954. The number of imidazole rings is 1. The summed E-state index contributed by atoms with van der Waals surface area (Å²) in [5.74, 6) is 0.725. The van der Waals surface area contributed by atoms with Crippen molar-refractivity contribution in [3.8, 4) is 11.3 Å². The molecule has 0 saturated carbocycles. The van der Waals surface area contributed by atoms with Gasteiger partial charge in [-0.15, -0.1) is 5.10 Å². The molecule has 4 rings (SSSR count). The normalized spacial score (nSPS) is 18.7. The Kier molecular flexibility index (Phi) is 4.51. The standard InChI is InChI=1S/C19H19F3N4O/c20-19(21,22)14-4-1-3-13(11-14)16-12-23-17-6-7-18(24-26(16)17)25-9-2-5-15(27)8-10-25/h1,3-4,6-7,11-12,15,27H,2,5,8-10H2. The monoisotopic (exact) mass is 376 g/mol. The van der Waals surface area contributed by atoms with Crippen molar-refractivity contribution >= 4 is 11.5 Å². The van der Waals surface area contributed by atoms with Crippen LogP contribution in [0.4, 0.5) is 19.0 Å². The minimum absolute atomic E-state index is 0.298. The second-order valence-electron chi connectivity index (χ2n) is 6.76. The van der Waals surface area contributed by atoms with Gasteiger partial charge in [-0.1, -0.05) is 12.1 Å². The Hall–Kier alpha value is -2.61. The van der Waals surface area contributed by atoms with Crippen LogP contribution in [0.3, 0.4) is 0 Å². The number of nitrogens with zero attached hydrogens (tertiary/aromatic N) is 4. The number of alkyl halides is 3.